The number of morpholine rings is 1. The van der Waals surface area contributed by atoms with Crippen LogP contribution in [0.2, 0.25) is 0 Å². The summed E-state index contributed by atoms with van der Waals surface area (Å²) in [6.07, 6.45) is 0.206. The van der Waals surface area contributed by atoms with Crippen molar-refractivity contribution in [3.63, 3.8) is 0 Å². The van der Waals surface area contributed by atoms with Gasteiger partial charge in [-0.1, -0.05) is 23.9 Å². The van der Waals surface area contributed by atoms with Crippen LogP contribution in [0.5, 0.6) is 5.75 Å². The van der Waals surface area contributed by atoms with Gasteiger partial charge in [0.1, 0.15) is 12.4 Å². The minimum absolute atomic E-state index is 0.0243. The van der Waals surface area contributed by atoms with E-state index in [4.69, 9.17) is 18.9 Å². The summed E-state index contributed by atoms with van der Waals surface area (Å²) in [4.78, 5) is 34.7. The Morgan fingerprint density at radius 1 is 1.21 bits per heavy atom. The Labute approximate surface area is 203 Å². The van der Waals surface area contributed by atoms with Gasteiger partial charge in [0.25, 0.3) is 0 Å². The summed E-state index contributed by atoms with van der Waals surface area (Å²) in [5, 5.41) is 2.67. The van der Waals surface area contributed by atoms with Gasteiger partial charge in [0.2, 0.25) is 5.91 Å². The predicted octanol–water partition coefficient (Wildman–Crippen LogP) is 2.71. The molecule has 3 heterocycles. The second kappa shape index (κ2) is 11.1. The summed E-state index contributed by atoms with van der Waals surface area (Å²) in [5.41, 5.74) is 2.66. The summed E-state index contributed by atoms with van der Waals surface area (Å²) in [7, 11) is 3.16. The topological polar surface area (TPSA) is 89.9 Å². The third-order valence-corrected chi connectivity index (χ3v) is 6.74. The number of carbonyl (C=O) groups is 2. The van der Waals surface area contributed by atoms with Crippen LogP contribution in [0.1, 0.15) is 24.9 Å². The number of aliphatic imine (C=N–C) groups is 1. The van der Waals surface area contributed by atoms with Crippen molar-refractivity contribution < 1.29 is 28.5 Å². The number of allylic oxidation sites excluding steroid dienone is 1. The Kier molecular flexibility index (Phi) is 7.91. The number of nitrogens with zero attached hydrogens (tertiary/aromatic N) is 3. The van der Waals surface area contributed by atoms with Gasteiger partial charge >= 0.3 is 5.97 Å². The second-order valence-corrected chi connectivity index (χ2v) is 8.80. The number of amides is 1. The maximum atomic E-state index is 13.2. The number of ether oxygens (including phenoxy) is 4. The molecule has 4 rings (SSSR count). The summed E-state index contributed by atoms with van der Waals surface area (Å²) >= 11 is 1.45. The number of rotatable bonds is 8. The smallest absolute Gasteiger partial charge is 0.338 e. The van der Waals surface area contributed by atoms with Crippen molar-refractivity contribution in [1.82, 2.24) is 9.80 Å². The van der Waals surface area contributed by atoms with Crippen molar-refractivity contribution in [2.24, 2.45) is 4.99 Å². The van der Waals surface area contributed by atoms with Crippen molar-refractivity contribution in [1.29, 1.82) is 0 Å². The van der Waals surface area contributed by atoms with Crippen LogP contribution < -0.4 is 4.74 Å². The zero-order valence-corrected chi connectivity index (χ0v) is 20.4. The predicted molar refractivity (Wildman–Crippen MR) is 128 cm³/mol. The molecule has 0 bridgehead atoms. The Morgan fingerprint density at radius 2 is 2.00 bits per heavy atom. The third kappa shape index (κ3) is 5.13. The average Bonchev–Trinajstić information content (AvgIpc) is 3.25. The summed E-state index contributed by atoms with van der Waals surface area (Å²) < 4.78 is 21.3. The van der Waals surface area contributed by atoms with Gasteiger partial charge in [0.05, 0.1) is 50.7 Å². The number of benzene rings is 1. The monoisotopic (exact) mass is 487 g/mol. The number of hydrogen-bond donors (Lipinski definition) is 0. The van der Waals surface area contributed by atoms with Crippen LogP contribution >= 0.6 is 11.8 Å². The number of esters is 1. The molecule has 182 valence electrons. The van der Waals surface area contributed by atoms with E-state index in [0.29, 0.717) is 49.9 Å². The van der Waals surface area contributed by atoms with Gasteiger partial charge < -0.3 is 28.7 Å². The van der Waals surface area contributed by atoms with E-state index in [1.54, 1.807) is 14.2 Å². The largest absolute Gasteiger partial charge is 0.497 e. The first-order chi connectivity index (χ1) is 16.5. The minimum Gasteiger partial charge on any atom is -0.497 e. The summed E-state index contributed by atoms with van der Waals surface area (Å²) in [6.45, 7) is 4.49. The molecular formula is C24H29N3O6S. The molecule has 1 unspecified atom stereocenters. The molecule has 0 radical (unpaired) electrons. The Balaban J connectivity index is 1.67. The minimum atomic E-state index is -0.503. The van der Waals surface area contributed by atoms with Crippen LogP contribution in [0.15, 0.2) is 51.6 Å². The quantitative estimate of drug-likeness (QED) is 0.409. The molecule has 1 amide bonds. The lowest BCUT2D eigenvalue weighted by molar-refractivity contribution is -0.141. The average molecular weight is 488 g/mol. The summed E-state index contributed by atoms with van der Waals surface area (Å²) in [5.74, 6) is 0.241. The van der Waals surface area contributed by atoms with E-state index >= 15 is 0 Å². The van der Waals surface area contributed by atoms with Gasteiger partial charge in [-0.3, -0.25) is 4.79 Å². The van der Waals surface area contributed by atoms with E-state index in [9.17, 15) is 9.59 Å². The van der Waals surface area contributed by atoms with Crippen molar-refractivity contribution >= 4 is 28.8 Å². The first-order valence-electron chi connectivity index (χ1n) is 11.1. The van der Waals surface area contributed by atoms with E-state index in [-0.39, 0.29) is 18.9 Å². The third-order valence-electron chi connectivity index (χ3n) is 5.85. The van der Waals surface area contributed by atoms with E-state index in [1.165, 1.54) is 11.8 Å². The standard InChI is InChI=1S/C24H29N3O6S/c1-16-21(23(29)33-12-11-30-2)22(17-5-4-6-19(13-17)31-3)27-18(15-34-24(27)25-16)14-20(28)26-7-9-32-10-8-26/h4-6,13,15,22H,7-12,14H2,1-3H3. The van der Waals surface area contributed by atoms with Crippen LogP contribution in [0.3, 0.4) is 0 Å². The van der Waals surface area contributed by atoms with Crippen LogP contribution in [0.4, 0.5) is 0 Å². The number of methoxy groups -OCH3 is 2. The first-order valence-corrected chi connectivity index (χ1v) is 12.0. The lowest BCUT2D eigenvalue weighted by Crippen LogP contribution is -2.42. The maximum absolute atomic E-state index is 13.2. The van der Waals surface area contributed by atoms with Crippen LogP contribution in [0.25, 0.3) is 0 Å². The Hall–Kier alpha value is -2.82. The lowest BCUT2D eigenvalue weighted by Gasteiger charge is -2.37. The highest BCUT2D eigenvalue weighted by atomic mass is 32.2. The molecule has 34 heavy (non-hydrogen) atoms. The van der Waals surface area contributed by atoms with Crippen molar-refractivity contribution in [2.45, 2.75) is 19.4 Å². The number of carbonyl (C=O) groups excluding carboxylic acids is 2. The van der Waals surface area contributed by atoms with E-state index in [1.807, 2.05) is 46.4 Å². The molecule has 1 atom stereocenters. The molecule has 0 aliphatic carbocycles. The van der Waals surface area contributed by atoms with Crippen LogP contribution in [0, 0.1) is 0 Å². The fraction of sp³-hybridized carbons (Fsp3) is 0.458. The molecule has 0 saturated carbocycles. The number of amidine groups is 1. The van der Waals surface area contributed by atoms with E-state index < -0.39 is 12.0 Å². The molecule has 0 aromatic heterocycles. The van der Waals surface area contributed by atoms with Gasteiger partial charge in [-0.2, -0.15) is 0 Å². The normalized spacial score (nSPS) is 20.0. The fourth-order valence-corrected chi connectivity index (χ4v) is 5.10. The molecule has 0 spiro atoms. The van der Waals surface area contributed by atoms with Gasteiger partial charge in [0.15, 0.2) is 5.17 Å². The molecule has 1 fully saturated rings. The lowest BCUT2D eigenvalue weighted by atomic mass is 9.93. The van der Waals surface area contributed by atoms with E-state index in [2.05, 4.69) is 4.99 Å². The van der Waals surface area contributed by atoms with Crippen molar-refractivity contribution in [3.8, 4) is 5.75 Å². The number of thioether (sulfide) groups is 1. The zero-order valence-electron chi connectivity index (χ0n) is 19.6. The van der Waals surface area contributed by atoms with Crippen molar-refractivity contribution in [2.75, 3.05) is 53.7 Å². The molecule has 9 nitrogen and oxygen atoms in total. The van der Waals surface area contributed by atoms with Crippen molar-refractivity contribution in [3.05, 3.63) is 52.2 Å². The second-order valence-electron chi connectivity index (χ2n) is 7.97. The Morgan fingerprint density at radius 3 is 2.74 bits per heavy atom. The van der Waals surface area contributed by atoms with Gasteiger partial charge in [-0.05, 0) is 30.0 Å². The van der Waals surface area contributed by atoms with Gasteiger partial charge in [-0.15, -0.1) is 0 Å². The highest BCUT2D eigenvalue weighted by Gasteiger charge is 2.41. The number of fused-ring (bicyclic) bond motifs is 1. The molecule has 10 heteroatoms. The highest BCUT2D eigenvalue weighted by molar-refractivity contribution is 8.16. The Bertz CT molecular complexity index is 1030. The molecule has 0 N–H and O–H groups in total. The first kappa shape index (κ1) is 24.3. The summed E-state index contributed by atoms with van der Waals surface area (Å²) in [6, 6.07) is 7.07. The maximum Gasteiger partial charge on any atom is 0.338 e. The fourth-order valence-electron chi connectivity index (χ4n) is 4.13. The molecule has 1 saturated heterocycles. The van der Waals surface area contributed by atoms with Crippen LogP contribution in [-0.4, -0.2) is 80.6 Å². The molecule has 1 aromatic rings. The molecule has 1 aromatic carbocycles. The zero-order chi connectivity index (χ0) is 24.1. The molecular weight excluding hydrogens is 458 g/mol. The molecule has 3 aliphatic heterocycles. The molecule has 3 aliphatic rings. The SMILES string of the molecule is COCCOC(=O)C1=C(C)N=C2SC=C(CC(=O)N3CCOCC3)N2C1c1cccc(OC)c1. The van der Waals surface area contributed by atoms with E-state index in [0.717, 1.165) is 16.4 Å². The van der Waals surface area contributed by atoms with Gasteiger partial charge in [-0.25, -0.2) is 9.79 Å². The van der Waals surface area contributed by atoms with Gasteiger partial charge in [0, 0.05) is 25.9 Å². The van der Waals surface area contributed by atoms with Crippen LogP contribution in [-0.2, 0) is 23.8 Å². The highest BCUT2D eigenvalue weighted by Crippen LogP contribution is 2.45. The number of hydrogen-bond acceptors (Lipinski definition) is 9.